The van der Waals surface area contributed by atoms with E-state index in [4.69, 9.17) is 0 Å². The molecule has 1 aromatic carbocycles. The largest absolute Gasteiger partial charge is 0.346 e. The molecule has 1 fully saturated rings. The van der Waals surface area contributed by atoms with Crippen molar-refractivity contribution in [2.45, 2.75) is 18.8 Å². The Labute approximate surface area is 114 Å². The SMILES string of the molecule is Cn1c(C2CCNCC2)c(Br)c2ccc(F)cc21. The Morgan fingerprint density at radius 2 is 2.06 bits per heavy atom. The fourth-order valence-electron chi connectivity index (χ4n) is 2.93. The summed E-state index contributed by atoms with van der Waals surface area (Å²) < 4.78 is 16.6. The number of rotatable bonds is 1. The molecule has 18 heavy (non-hydrogen) atoms. The third kappa shape index (κ3) is 1.88. The number of nitrogens with zero attached hydrogens (tertiary/aromatic N) is 1. The fourth-order valence-corrected chi connectivity index (χ4v) is 3.86. The van der Waals surface area contributed by atoms with E-state index in [0.29, 0.717) is 5.92 Å². The fraction of sp³-hybridized carbons (Fsp3) is 0.429. The molecule has 1 aromatic heterocycles. The standard InChI is InChI=1S/C14H16BrFN2/c1-18-12-8-10(16)2-3-11(12)13(15)14(18)9-4-6-17-7-5-9/h2-3,8-9,17H,4-7H2,1H3. The molecular weight excluding hydrogens is 295 g/mol. The summed E-state index contributed by atoms with van der Waals surface area (Å²) in [6, 6.07) is 5.00. The van der Waals surface area contributed by atoms with Crippen molar-refractivity contribution < 1.29 is 4.39 Å². The van der Waals surface area contributed by atoms with Crippen LogP contribution in [-0.4, -0.2) is 17.7 Å². The first-order valence-corrected chi connectivity index (χ1v) is 7.12. The number of halogens is 2. The van der Waals surface area contributed by atoms with Crippen molar-refractivity contribution in [3.05, 3.63) is 34.2 Å². The molecule has 96 valence electrons. The van der Waals surface area contributed by atoms with Gasteiger partial charge in [0, 0.05) is 28.5 Å². The lowest BCUT2D eigenvalue weighted by Crippen LogP contribution is -2.27. The molecule has 0 saturated carbocycles. The van der Waals surface area contributed by atoms with Gasteiger partial charge in [-0.3, -0.25) is 0 Å². The number of nitrogens with one attached hydrogen (secondary N) is 1. The molecular formula is C14H16BrFN2. The highest BCUT2D eigenvalue weighted by atomic mass is 79.9. The molecule has 0 atom stereocenters. The van der Waals surface area contributed by atoms with Crippen molar-refractivity contribution in [2.75, 3.05) is 13.1 Å². The van der Waals surface area contributed by atoms with Gasteiger partial charge in [0.1, 0.15) is 5.82 Å². The summed E-state index contributed by atoms with van der Waals surface area (Å²) in [4.78, 5) is 0. The lowest BCUT2D eigenvalue weighted by Gasteiger charge is -2.24. The van der Waals surface area contributed by atoms with Gasteiger partial charge in [-0.15, -0.1) is 0 Å². The minimum Gasteiger partial charge on any atom is -0.346 e. The number of fused-ring (bicyclic) bond motifs is 1. The lowest BCUT2D eigenvalue weighted by atomic mass is 9.94. The molecule has 1 aliphatic heterocycles. The molecule has 1 N–H and O–H groups in total. The average Bonchev–Trinajstić information content (AvgIpc) is 2.63. The highest BCUT2D eigenvalue weighted by Crippen LogP contribution is 2.38. The van der Waals surface area contributed by atoms with Crippen molar-refractivity contribution in [2.24, 2.45) is 7.05 Å². The third-order valence-corrected chi connectivity index (χ3v) is 4.70. The number of hydrogen-bond donors (Lipinski definition) is 1. The monoisotopic (exact) mass is 310 g/mol. The molecule has 3 rings (SSSR count). The Bertz CT molecular complexity index is 585. The number of piperidine rings is 1. The van der Waals surface area contributed by atoms with Gasteiger partial charge in [-0.25, -0.2) is 4.39 Å². The topological polar surface area (TPSA) is 17.0 Å². The minimum absolute atomic E-state index is 0.174. The summed E-state index contributed by atoms with van der Waals surface area (Å²) in [7, 11) is 2.03. The molecule has 0 spiro atoms. The smallest absolute Gasteiger partial charge is 0.125 e. The second kappa shape index (κ2) is 4.67. The third-order valence-electron chi connectivity index (χ3n) is 3.87. The first-order valence-electron chi connectivity index (χ1n) is 6.32. The van der Waals surface area contributed by atoms with Crippen molar-refractivity contribution in [1.29, 1.82) is 0 Å². The summed E-state index contributed by atoms with van der Waals surface area (Å²) in [6.07, 6.45) is 2.29. The van der Waals surface area contributed by atoms with Gasteiger partial charge in [-0.05, 0) is 60.1 Å². The molecule has 2 heterocycles. The van der Waals surface area contributed by atoms with E-state index in [1.165, 1.54) is 11.8 Å². The number of aromatic nitrogens is 1. The van der Waals surface area contributed by atoms with Gasteiger partial charge in [0.2, 0.25) is 0 Å². The molecule has 0 amide bonds. The Balaban J connectivity index is 2.16. The van der Waals surface area contributed by atoms with E-state index < -0.39 is 0 Å². The van der Waals surface area contributed by atoms with E-state index in [1.54, 1.807) is 6.07 Å². The molecule has 0 radical (unpaired) electrons. The van der Waals surface area contributed by atoms with Crippen LogP contribution < -0.4 is 5.32 Å². The Morgan fingerprint density at radius 1 is 1.33 bits per heavy atom. The van der Waals surface area contributed by atoms with Crippen LogP contribution in [0.25, 0.3) is 10.9 Å². The first kappa shape index (κ1) is 12.2. The van der Waals surface area contributed by atoms with Gasteiger partial charge in [0.05, 0.1) is 5.52 Å². The molecule has 0 aliphatic carbocycles. The first-order chi connectivity index (χ1) is 8.68. The van der Waals surface area contributed by atoms with Crippen molar-refractivity contribution >= 4 is 26.8 Å². The molecule has 2 aromatic rings. The minimum atomic E-state index is -0.174. The van der Waals surface area contributed by atoms with Crippen LogP contribution in [0.3, 0.4) is 0 Å². The molecule has 4 heteroatoms. The lowest BCUT2D eigenvalue weighted by molar-refractivity contribution is 0.445. The Morgan fingerprint density at radius 3 is 2.78 bits per heavy atom. The van der Waals surface area contributed by atoms with Gasteiger partial charge < -0.3 is 9.88 Å². The molecule has 1 saturated heterocycles. The van der Waals surface area contributed by atoms with Gasteiger partial charge >= 0.3 is 0 Å². The van der Waals surface area contributed by atoms with Gasteiger partial charge in [0.25, 0.3) is 0 Å². The molecule has 0 unspecified atom stereocenters. The number of benzene rings is 1. The maximum absolute atomic E-state index is 13.4. The Kier molecular flexibility index (Phi) is 3.16. The van der Waals surface area contributed by atoms with Crippen LogP contribution in [0.2, 0.25) is 0 Å². The summed E-state index contributed by atoms with van der Waals surface area (Å²) in [5, 5.41) is 4.49. The predicted molar refractivity (Wildman–Crippen MR) is 75.4 cm³/mol. The van der Waals surface area contributed by atoms with Gasteiger partial charge in [-0.1, -0.05) is 0 Å². The summed E-state index contributed by atoms with van der Waals surface area (Å²) in [6.45, 7) is 2.12. The zero-order valence-corrected chi connectivity index (χ0v) is 11.9. The highest BCUT2D eigenvalue weighted by molar-refractivity contribution is 9.10. The molecule has 2 nitrogen and oxygen atoms in total. The molecule has 1 aliphatic rings. The number of aryl methyl sites for hydroxylation is 1. The molecule has 0 bridgehead atoms. The van der Waals surface area contributed by atoms with Crippen molar-refractivity contribution in [3.8, 4) is 0 Å². The highest BCUT2D eigenvalue weighted by Gasteiger charge is 2.23. The predicted octanol–water partition coefficient (Wildman–Crippen LogP) is 3.55. The van der Waals surface area contributed by atoms with Crippen LogP contribution in [0, 0.1) is 5.82 Å². The van der Waals surface area contributed by atoms with Gasteiger partial charge in [-0.2, -0.15) is 0 Å². The van der Waals surface area contributed by atoms with Gasteiger partial charge in [0.15, 0.2) is 0 Å². The zero-order chi connectivity index (χ0) is 12.7. The van der Waals surface area contributed by atoms with E-state index >= 15 is 0 Å². The second-order valence-electron chi connectivity index (χ2n) is 4.94. The second-order valence-corrected chi connectivity index (χ2v) is 5.74. The van der Waals surface area contributed by atoms with E-state index in [1.807, 2.05) is 13.1 Å². The van der Waals surface area contributed by atoms with Crippen LogP contribution in [0.15, 0.2) is 22.7 Å². The van der Waals surface area contributed by atoms with Crippen LogP contribution in [0.5, 0.6) is 0 Å². The normalized spacial score (nSPS) is 17.5. The van der Waals surface area contributed by atoms with E-state index in [2.05, 4.69) is 25.8 Å². The maximum atomic E-state index is 13.4. The summed E-state index contributed by atoms with van der Waals surface area (Å²) in [5.41, 5.74) is 2.27. The van der Waals surface area contributed by atoms with E-state index in [-0.39, 0.29) is 5.82 Å². The summed E-state index contributed by atoms with van der Waals surface area (Å²) >= 11 is 3.70. The number of hydrogen-bond acceptors (Lipinski definition) is 1. The van der Waals surface area contributed by atoms with Crippen LogP contribution in [0.1, 0.15) is 24.5 Å². The maximum Gasteiger partial charge on any atom is 0.125 e. The zero-order valence-electron chi connectivity index (χ0n) is 10.3. The Hall–Kier alpha value is -0.870. The van der Waals surface area contributed by atoms with Crippen LogP contribution in [0.4, 0.5) is 4.39 Å². The summed E-state index contributed by atoms with van der Waals surface area (Å²) in [5.74, 6) is 0.383. The van der Waals surface area contributed by atoms with Crippen molar-refractivity contribution in [3.63, 3.8) is 0 Å². The van der Waals surface area contributed by atoms with E-state index in [0.717, 1.165) is 41.3 Å². The van der Waals surface area contributed by atoms with E-state index in [9.17, 15) is 4.39 Å². The van der Waals surface area contributed by atoms with Crippen molar-refractivity contribution in [1.82, 2.24) is 9.88 Å². The average molecular weight is 311 g/mol. The van der Waals surface area contributed by atoms with Crippen LogP contribution in [-0.2, 0) is 7.05 Å². The quantitative estimate of drug-likeness (QED) is 0.852. The van der Waals surface area contributed by atoms with Crippen LogP contribution >= 0.6 is 15.9 Å².